The van der Waals surface area contributed by atoms with Crippen molar-refractivity contribution in [3.8, 4) is 0 Å². The number of hydrogen-bond acceptors (Lipinski definition) is 2. The van der Waals surface area contributed by atoms with Crippen LogP contribution >= 0.6 is 26.9 Å². The zero-order chi connectivity index (χ0) is 18.6. The fraction of sp³-hybridized carbons (Fsp3) is 0.500. The molecular formula is C20H35O2P3. The Bertz CT molecular complexity index is 429. The van der Waals surface area contributed by atoms with Crippen molar-refractivity contribution in [3.05, 3.63) is 60.8 Å². The normalized spacial score (nSPS) is 16.0. The summed E-state index contributed by atoms with van der Waals surface area (Å²) >= 11 is 0. The van der Waals surface area contributed by atoms with Crippen LogP contribution in [0.4, 0.5) is 0 Å². The Morgan fingerprint density at radius 3 is 1.96 bits per heavy atom. The standard InChI is InChI=1S/C20H35O2P3/c1-3-5-16-20(21-23)18-15-13-11-9-7-6-8-10-12-14-17-19(4-2)22-25-24/h6-7,10-15,17-20,25H,3-5,8-9,16,23-24H2,1-2H3/b7-6-,12-10-,13-11+,17-14+,18-15+. The van der Waals surface area contributed by atoms with E-state index in [1.54, 1.807) is 0 Å². The molecule has 0 aliphatic carbocycles. The highest BCUT2D eigenvalue weighted by atomic mass is 32.0. The molecule has 0 spiro atoms. The van der Waals surface area contributed by atoms with E-state index in [1.165, 1.54) is 12.8 Å². The molecule has 0 N–H and O–H groups in total. The minimum atomic E-state index is 0.206. The molecule has 0 aromatic rings. The van der Waals surface area contributed by atoms with Gasteiger partial charge >= 0.3 is 0 Å². The Morgan fingerprint density at radius 2 is 1.48 bits per heavy atom. The van der Waals surface area contributed by atoms with E-state index in [-0.39, 0.29) is 12.2 Å². The molecule has 0 aliphatic rings. The van der Waals surface area contributed by atoms with Gasteiger partial charge in [0.25, 0.3) is 0 Å². The zero-order valence-electron chi connectivity index (χ0n) is 15.6. The topological polar surface area (TPSA) is 18.5 Å². The second-order valence-electron chi connectivity index (χ2n) is 5.57. The van der Waals surface area contributed by atoms with Crippen molar-refractivity contribution >= 4 is 26.9 Å². The Hall–Kier alpha value is -0.0900. The molecule has 0 saturated heterocycles. The van der Waals surface area contributed by atoms with Gasteiger partial charge in [-0.05, 0) is 25.7 Å². The first kappa shape index (κ1) is 24.9. The highest BCUT2D eigenvalue weighted by Gasteiger charge is 1.99. The van der Waals surface area contributed by atoms with Crippen molar-refractivity contribution < 1.29 is 9.05 Å². The molecule has 0 aliphatic heterocycles. The summed E-state index contributed by atoms with van der Waals surface area (Å²) in [7, 11) is 5.44. The van der Waals surface area contributed by atoms with Crippen molar-refractivity contribution in [2.45, 2.75) is 64.6 Å². The van der Waals surface area contributed by atoms with E-state index in [1.807, 2.05) is 0 Å². The maximum absolute atomic E-state index is 5.56. The van der Waals surface area contributed by atoms with E-state index in [0.29, 0.717) is 8.50 Å². The van der Waals surface area contributed by atoms with Crippen molar-refractivity contribution in [2.24, 2.45) is 0 Å². The molecular weight excluding hydrogens is 365 g/mol. The first-order valence-electron chi connectivity index (χ1n) is 9.06. The fourth-order valence-corrected chi connectivity index (χ4v) is 3.17. The molecule has 0 rings (SSSR count). The molecule has 0 bridgehead atoms. The van der Waals surface area contributed by atoms with Crippen LogP contribution in [0.2, 0.25) is 0 Å². The second kappa shape index (κ2) is 20.2. The smallest absolute Gasteiger partial charge is 0.0799 e. The van der Waals surface area contributed by atoms with Gasteiger partial charge in [0.15, 0.2) is 0 Å². The number of rotatable bonds is 15. The predicted octanol–water partition coefficient (Wildman–Crippen LogP) is 7.09. The van der Waals surface area contributed by atoms with Crippen LogP contribution in [0, 0.1) is 0 Å². The van der Waals surface area contributed by atoms with Crippen molar-refractivity contribution in [1.82, 2.24) is 0 Å². The average Bonchev–Trinajstić information content (AvgIpc) is 2.64. The Kier molecular flexibility index (Phi) is 20.2. The molecule has 25 heavy (non-hydrogen) atoms. The highest BCUT2D eigenvalue weighted by molar-refractivity contribution is 8.00. The molecule has 2 nitrogen and oxygen atoms in total. The van der Waals surface area contributed by atoms with Crippen LogP contribution in [0.5, 0.6) is 0 Å². The second-order valence-corrected chi connectivity index (χ2v) is 7.02. The lowest BCUT2D eigenvalue weighted by Gasteiger charge is -2.08. The molecule has 0 amide bonds. The maximum Gasteiger partial charge on any atom is 0.0799 e. The van der Waals surface area contributed by atoms with Crippen LogP contribution < -0.4 is 0 Å². The molecule has 5 atom stereocenters. The zero-order valence-corrected chi connectivity index (χ0v) is 19.0. The van der Waals surface area contributed by atoms with Gasteiger partial charge in [-0.1, -0.05) is 96.4 Å². The highest BCUT2D eigenvalue weighted by Crippen LogP contribution is 2.25. The third-order valence-corrected chi connectivity index (χ3v) is 4.69. The van der Waals surface area contributed by atoms with E-state index < -0.39 is 0 Å². The molecule has 0 aromatic carbocycles. The first-order chi connectivity index (χ1) is 12.3. The maximum atomic E-state index is 5.56. The van der Waals surface area contributed by atoms with Gasteiger partial charge in [0.1, 0.15) is 0 Å². The molecule has 0 saturated carbocycles. The van der Waals surface area contributed by atoms with Crippen LogP contribution in [-0.2, 0) is 9.05 Å². The van der Waals surface area contributed by atoms with Crippen LogP contribution in [0.25, 0.3) is 0 Å². The molecule has 0 heterocycles. The molecule has 5 unspecified atom stereocenters. The lowest BCUT2D eigenvalue weighted by atomic mass is 10.1. The average molecular weight is 400 g/mol. The summed E-state index contributed by atoms with van der Waals surface area (Å²) in [6.45, 7) is 4.33. The molecule has 5 heteroatoms. The Balaban J connectivity index is 3.87. The third kappa shape index (κ3) is 17.1. The van der Waals surface area contributed by atoms with Crippen LogP contribution in [0.1, 0.15) is 52.4 Å². The van der Waals surface area contributed by atoms with Gasteiger partial charge in [0, 0.05) is 18.0 Å². The first-order valence-corrected chi connectivity index (χ1v) is 12.3. The van der Waals surface area contributed by atoms with Gasteiger partial charge in [-0.3, -0.25) is 0 Å². The number of hydrogen-bond donors (Lipinski definition) is 0. The van der Waals surface area contributed by atoms with E-state index >= 15 is 0 Å². The third-order valence-electron chi connectivity index (χ3n) is 3.50. The minimum absolute atomic E-state index is 0.206. The lowest BCUT2D eigenvalue weighted by molar-refractivity contribution is 0.276. The largest absolute Gasteiger partial charge is 0.358 e. The van der Waals surface area contributed by atoms with Crippen LogP contribution in [0.15, 0.2) is 60.8 Å². The summed E-state index contributed by atoms with van der Waals surface area (Å²) in [5.74, 6) is 0. The van der Waals surface area contributed by atoms with E-state index in [0.717, 1.165) is 25.7 Å². The van der Waals surface area contributed by atoms with Crippen molar-refractivity contribution in [1.29, 1.82) is 0 Å². The fourth-order valence-electron chi connectivity index (χ4n) is 2.00. The van der Waals surface area contributed by atoms with Gasteiger partial charge in [0.05, 0.1) is 12.2 Å². The molecule has 0 aromatic heterocycles. The summed E-state index contributed by atoms with van der Waals surface area (Å²) < 4.78 is 10.9. The lowest BCUT2D eigenvalue weighted by Crippen LogP contribution is -2.02. The monoisotopic (exact) mass is 400 g/mol. The minimum Gasteiger partial charge on any atom is -0.358 e. The molecule has 142 valence electrons. The van der Waals surface area contributed by atoms with Crippen LogP contribution in [-0.4, -0.2) is 12.2 Å². The Morgan fingerprint density at radius 1 is 0.880 bits per heavy atom. The predicted molar refractivity (Wildman–Crippen MR) is 122 cm³/mol. The van der Waals surface area contributed by atoms with Gasteiger partial charge < -0.3 is 9.05 Å². The summed E-state index contributed by atoms with van der Waals surface area (Å²) in [6, 6.07) is 0. The SMILES string of the molecule is CCCCC(/C=C/C=C/C/C=C\C/C=C\C=C\C(CC)OPP)OP. The van der Waals surface area contributed by atoms with Gasteiger partial charge in [-0.2, -0.15) is 0 Å². The summed E-state index contributed by atoms with van der Waals surface area (Å²) in [5.41, 5.74) is 0. The molecule has 0 radical (unpaired) electrons. The van der Waals surface area contributed by atoms with E-state index in [4.69, 9.17) is 9.05 Å². The van der Waals surface area contributed by atoms with E-state index in [2.05, 4.69) is 93.0 Å². The van der Waals surface area contributed by atoms with Gasteiger partial charge in [-0.25, -0.2) is 0 Å². The van der Waals surface area contributed by atoms with Crippen molar-refractivity contribution in [2.75, 3.05) is 0 Å². The summed E-state index contributed by atoms with van der Waals surface area (Å²) in [5, 5.41) is 0. The van der Waals surface area contributed by atoms with Gasteiger partial charge in [0.2, 0.25) is 0 Å². The quantitative estimate of drug-likeness (QED) is 0.166. The van der Waals surface area contributed by atoms with Crippen molar-refractivity contribution in [3.63, 3.8) is 0 Å². The molecule has 0 fully saturated rings. The number of allylic oxidation sites excluding steroid dienone is 8. The van der Waals surface area contributed by atoms with Gasteiger partial charge in [-0.15, -0.1) is 0 Å². The Labute approximate surface area is 161 Å². The number of unbranched alkanes of at least 4 members (excludes halogenated alkanes) is 1. The van der Waals surface area contributed by atoms with Crippen LogP contribution in [0.3, 0.4) is 0 Å². The van der Waals surface area contributed by atoms with E-state index in [9.17, 15) is 0 Å². The summed E-state index contributed by atoms with van der Waals surface area (Å²) in [6.07, 6.45) is 28.1. The summed E-state index contributed by atoms with van der Waals surface area (Å²) in [4.78, 5) is 0.